The van der Waals surface area contributed by atoms with Crippen LogP contribution in [0.25, 0.3) is 17.0 Å². The minimum atomic E-state index is -1.01. The van der Waals surface area contributed by atoms with Gasteiger partial charge in [0.1, 0.15) is 0 Å². The van der Waals surface area contributed by atoms with Crippen LogP contribution in [0.1, 0.15) is 10.4 Å². The van der Waals surface area contributed by atoms with Crippen molar-refractivity contribution in [1.82, 2.24) is 14.6 Å². The fraction of sp³-hybridized carbons (Fsp3) is 0.133. The number of aromatic nitrogens is 3. The summed E-state index contributed by atoms with van der Waals surface area (Å²) in [5.41, 5.74) is 1.47. The van der Waals surface area contributed by atoms with Crippen molar-refractivity contribution in [3.05, 3.63) is 42.1 Å². The van der Waals surface area contributed by atoms with Crippen molar-refractivity contribution in [3.8, 4) is 22.9 Å². The lowest BCUT2D eigenvalue weighted by atomic mass is 10.2. The molecule has 0 aliphatic rings. The van der Waals surface area contributed by atoms with E-state index in [9.17, 15) is 4.79 Å². The van der Waals surface area contributed by atoms with Gasteiger partial charge in [0.2, 0.25) is 0 Å². The third kappa shape index (κ3) is 2.22. The molecule has 0 bridgehead atoms. The number of benzene rings is 1. The number of pyridine rings is 1. The van der Waals surface area contributed by atoms with Gasteiger partial charge in [0.15, 0.2) is 23.0 Å². The number of hydrogen-bond acceptors (Lipinski definition) is 5. The topological polar surface area (TPSA) is 86.0 Å². The number of carbonyl (C=O) groups is 1. The predicted octanol–water partition coefficient (Wildman–Crippen LogP) is 2.11. The molecule has 0 saturated heterocycles. The first-order chi connectivity index (χ1) is 10.6. The Kier molecular flexibility index (Phi) is 3.38. The molecule has 1 N–H and O–H groups in total. The van der Waals surface area contributed by atoms with Crippen molar-refractivity contribution in [1.29, 1.82) is 0 Å². The Balaban J connectivity index is 2.17. The summed E-state index contributed by atoms with van der Waals surface area (Å²) in [4.78, 5) is 11.1. The van der Waals surface area contributed by atoms with E-state index in [2.05, 4.69) is 10.2 Å². The molecule has 0 fully saturated rings. The Hall–Kier alpha value is -3.09. The van der Waals surface area contributed by atoms with Crippen LogP contribution in [0.3, 0.4) is 0 Å². The summed E-state index contributed by atoms with van der Waals surface area (Å²) >= 11 is 0. The van der Waals surface area contributed by atoms with Crippen LogP contribution in [-0.2, 0) is 0 Å². The molecule has 7 heteroatoms. The number of fused-ring (bicyclic) bond motifs is 1. The minimum Gasteiger partial charge on any atom is -0.493 e. The first-order valence-corrected chi connectivity index (χ1v) is 6.44. The lowest BCUT2D eigenvalue weighted by Gasteiger charge is -2.09. The molecule has 0 aliphatic carbocycles. The third-order valence-corrected chi connectivity index (χ3v) is 3.29. The number of hydrogen-bond donors (Lipinski definition) is 1. The first-order valence-electron chi connectivity index (χ1n) is 6.44. The summed E-state index contributed by atoms with van der Waals surface area (Å²) in [5.74, 6) is 0.686. The molecule has 3 aromatic rings. The number of carboxylic acid groups (broad SMARTS) is 1. The van der Waals surface area contributed by atoms with Gasteiger partial charge in [-0.2, -0.15) is 0 Å². The molecule has 0 amide bonds. The van der Waals surface area contributed by atoms with Gasteiger partial charge in [0.05, 0.1) is 19.8 Å². The van der Waals surface area contributed by atoms with Crippen molar-refractivity contribution < 1.29 is 19.4 Å². The Morgan fingerprint density at radius 2 is 1.86 bits per heavy atom. The summed E-state index contributed by atoms with van der Waals surface area (Å²) in [7, 11) is 3.11. The molecule has 2 aromatic heterocycles. The molecule has 2 heterocycles. The van der Waals surface area contributed by atoms with E-state index in [0.29, 0.717) is 23.0 Å². The summed E-state index contributed by atoms with van der Waals surface area (Å²) < 4.78 is 12.1. The van der Waals surface area contributed by atoms with E-state index < -0.39 is 5.97 Å². The van der Waals surface area contributed by atoms with Crippen LogP contribution >= 0.6 is 0 Å². The third-order valence-electron chi connectivity index (χ3n) is 3.29. The maximum absolute atomic E-state index is 11.1. The zero-order valence-corrected chi connectivity index (χ0v) is 12.0. The average Bonchev–Trinajstić information content (AvgIpc) is 2.97. The number of aromatic carboxylic acids is 1. The Bertz CT molecular complexity index is 857. The van der Waals surface area contributed by atoms with Gasteiger partial charge in [-0.1, -0.05) is 0 Å². The van der Waals surface area contributed by atoms with Gasteiger partial charge in [-0.15, -0.1) is 10.2 Å². The van der Waals surface area contributed by atoms with E-state index in [0.717, 1.165) is 5.56 Å². The molecule has 3 rings (SSSR count). The molecule has 0 radical (unpaired) electrons. The largest absolute Gasteiger partial charge is 0.493 e. The first kappa shape index (κ1) is 13.9. The normalized spacial score (nSPS) is 10.6. The minimum absolute atomic E-state index is 0.161. The van der Waals surface area contributed by atoms with Gasteiger partial charge in [-0.05, 0) is 30.3 Å². The summed E-state index contributed by atoms with van der Waals surface area (Å²) in [6, 6.07) is 8.44. The van der Waals surface area contributed by atoms with Gasteiger partial charge in [-0.25, -0.2) is 4.79 Å². The highest BCUT2D eigenvalue weighted by Gasteiger charge is 2.13. The summed E-state index contributed by atoms with van der Waals surface area (Å²) in [5, 5.41) is 17.3. The monoisotopic (exact) mass is 299 g/mol. The van der Waals surface area contributed by atoms with Crippen LogP contribution in [0.5, 0.6) is 11.5 Å². The van der Waals surface area contributed by atoms with Gasteiger partial charge in [0, 0.05) is 11.8 Å². The van der Waals surface area contributed by atoms with Gasteiger partial charge in [-0.3, -0.25) is 4.40 Å². The number of rotatable bonds is 4. The highest BCUT2D eigenvalue weighted by atomic mass is 16.5. The predicted molar refractivity (Wildman–Crippen MR) is 78.5 cm³/mol. The summed E-state index contributed by atoms with van der Waals surface area (Å²) in [6.45, 7) is 0. The second-order valence-corrected chi connectivity index (χ2v) is 4.54. The number of nitrogens with zero attached hydrogens (tertiary/aromatic N) is 3. The lowest BCUT2D eigenvalue weighted by Crippen LogP contribution is -1.99. The quantitative estimate of drug-likeness (QED) is 0.794. The molecule has 1 aromatic carbocycles. The SMILES string of the molecule is COc1ccc(-c2nnc3ccc(C(=O)O)cn23)cc1OC. The molecule has 0 spiro atoms. The lowest BCUT2D eigenvalue weighted by molar-refractivity contribution is 0.0696. The van der Waals surface area contributed by atoms with E-state index in [1.807, 2.05) is 6.07 Å². The zero-order valence-electron chi connectivity index (χ0n) is 12.0. The number of ether oxygens (including phenoxy) is 2. The highest BCUT2D eigenvalue weighted by Crippen LogP contribution is 2.31. The molecule has 7 nitrogen and oxygen atoms in total. The summed E-state index contributed by atoms with van der Waals surface area (Å²) in [6.07, 6.45) is 1.49. The second kappa shape index (κ2) is 5.36. The number of carboxylic acids is 1. The fourth-order valence-electron chi connectivity index (χ4n) is 2.19. The fourth-order valence-corrected chi connectivity index (χ4v) is 2.19. The molecule has 0 aliphatic heterocycles. The zero-order chi connectivity index (χ0) is 15.7. The van der Waals surface area contributed by atoms with Crippen LogP contribution in [0.2, 0.25) is 0 Å². The Labute approximate surface area is 125 Å². The van der Waals surface area contributed by atoms with Crippen molar-refractivity contribution >= 4 is 11.6 Å². The van der Waals surface area contributed by atoms with Crippen LogP contribution in [0.4, 0.5) is 0 Å². The number of methoxy groups -OCH3 is 2. The molecular weight excluding hydrogens is 286 g/mol. The van der Waals surface area contributed by atoms with E-state index in [-0.39, 0.29) is 5.56 Å². The Morgan fingerprint density at radius 1 is 1.09 bits per heavy atom. The van der Waals surface area contributed by atoms with Crippen molar-refractivity contribution in [3.63, 3.8) is 0 Å². The van der Waals surface area contributed by atoms with Crippen LogP contribution in [-0.4, -0.2) is 39.9 Å². The Morgan fingerprint density at radius 3 is 2.55 bits per heavy atom. The molecule has 0 atom stereocenters. The van der Waals surface area contributed by atoms with Crippen molar-refractivity contribution in [2.24, 2.45) is 0 Å². The van der Waals surface area contributed by atoms with Gasteiger partial charge in [0.25, 0.3) is 0 Å². The van der Waals surface area contributed by atoms with E-state index in [1.54, 1.807) is 36.8 Å². The van der Waals surface area contributed by atoms with Crippen molar-refractivity contribution in [2.75, 3.05) is 14.2 Å². The van der Waals surface area contributed by atoms with E-state index in [1.165, 1.54) is 12.3 Å². The standard InChI is InChI=1S/C15H13N3O4/c1-21-11-5-3-9(7-12(11)22-2)14-17-16-13-6-4-10(15(19)20)8-18(13)14/h3-8H,1-2H3,(H,19,20). The second-order valence-electron chi connectivity index (χ2n) is 4.54. The van der Waals surface area contributed by atoms with Crippen LogP contribution < -0.4 is 9.47 Å². The van der Waals surface area contributed by atoms with Gasteiger partial charge >= 0.3 is 5.97 Å². The average molecular weight is 299 g/mol. The molecule has 112 valence electrons. The molecule has 22 heavy (non-hydrogen) atoms. The smallest absolute Gasteiger partial charge is 0.337 e. The molecular formula is C15H13N3O4. The maximum Gasteiger partial charge on any atom is 0.337 e. The molecule has 0 saturated carbocycles. The van der Waals surface area contributed by atoms with Crippen molar-refractivity contribution in [2.45, 2.75) is 0 Å². The molecule has 0 unspecified atom stereocenters. The van der Waals surface area contributed by atoms with Crippen LogP contribution in [0, 0.1) is 0 Å². The maximum atomic E-state index is 11.1. The highest BCUT2D eigenvalue weighted by molar-refractivity contribution is 5.87. The van der Waals surface area contributed by atoms with Gasteiger partial charge < -0.3 is 14.6 Å². The van der Waals surface area contributed by atoms with Crippen LogP contribution in [0.15, 0.2) is 36.5 Å². The van der Waals surface area contributed by atoms with E-state index >= 15 is 0 Å². The van der Waals surface area contributed by atoms with E-state index in [4.69, 9.17) is 14.6 Å².